The van der Waals surface area contributed by atoms with Crippen LogP contribution in [0.25, 0.3) is 0 Å². The molecule has 1 saturated heterocycles. The molecule has 1 aromatic carbocycles. The molecule has 3 N–H and O–H groups in total. The summed E-state index contributed by atoms with van der Waals surface area (Å²) in [6, 6.07) is 10.6. The molecule has 0 spiro atoms. The fourth-order valence-electron chi connectivity index (χ4n) is 2.32. The van der Waals surface area contributed by atoms with Gasteiger partial charge in [0, 0.05) is 6.04 Å². The first-order valence-corrected chi connectivity index (χ1v) is 5.87. The molecule has 1 aliphatic rings. The smallest absolute Gasteiger partial charge is 0.0297 e. The molecule has 2 rings (SSSR count). The third-order valence-corrected chi connectivity index (χ3v) is 3.21. The van der Waals surface area contributed by atoms with Gasteiger partial charge in [-0.2, -0.15) is 0 Å². The minimum atomic E-state index is 0.205. The highest BCUT2D eigenvalue weighted by molar-refractivity contribution is 5.18. The van der Waals surface area contributed by atoms with E-state index in [0.29, 0.717) is 0 Å². The number of nitrogens with one attached hydrogen (secondary N) is 1. The van der Waals surface area contributed by atoms with Crippen molar-refractivity contribution in [3.63, 3.8) is 0 Å². The maximum absolute atomic E-state index is 6.20. The first-order chi connectivity index (χ1) is 7.36. The quantitative estimate of drug-likeness (QED) is 0.791. The average Bonchev–Trinajstić information content (AvgIpc) is 2.31. The number of piperidine rings is 1. The molecule has 2 unspecified atom stereocenters. The summed E-state index contributed by atoms with van der Waals surface area (Å²) in [6.45, 7) is 2.32. The molecule has 2 nitrogen and oxygen atoms in total. The lowest BCUT2D eigenvalue weighted by atomic mass is 9.90. The molecule has 1 aromatic rings. The van der Waals surface area contributed by atoms with E-state index in [1.807, 2.05) is 6.07 Å². The summed E-state index contributed by atoms with van der Waals surface area (Å²) in [5, 5.41) is 3.44. The molecular formula is C13H20N2. The van der Waals surface area contributed by atoms with Gasteiger partial charge in [-0.1, -0.05) is 30.3 Å². The molecule has 0 amide bonds. The van der Waals surface area contributed by atoms with Crippen LogP contribution in [-0.4, -0.2) is 13.1 Å². The van der Waals surface area contributed by atoms with Gasteiger partial charge in [0.05, 0.1) is 0 Å². The van der Waals surface area contributed by atoms with E-state index in [1.165, 1.54) is 24.9 Å². The highest BCUT2D eigenvalue weighted by atomic mass is 14.9. The number of nitrogens with two attached hydrogens (primary N) is 1. The van der Waals surface area contributed by atoms with Gasteiger partial charge in [-0.15, -0.1) is 0 Å². The van der Waals surface area contributed by atoms with Crippen molar-refractivity contribution in [3.05, 3.63) is 35.9 Å². The van der Waals surface area contributed by atoms with E-state index in [4.69, 9.17) is 5.73 Å². The molecule has 2 atom stereocenters. The Morgan fingerprint density at radius 2 is 2.13 bits per heavy atom. The maximum atomic E-state index is 6.20. The van der Waals surface area contributed by atoms with Crippen molar-refractivity contribution in [1.29, 1.82) is 0 Å². The second-order valence-electron chi connectivity index (χ2n) is 4.47. The van der Waals surface area contributed by atoms with Crippen LogP contribution in [0.4, 0.5) is 0 Å². The lowest BCUT2D eigenvalue weighted by Crippen LogP contribution is -2.31. The van der Waals surface area contributed by atoms with Gasteiger partial charge >= 0.3 is 0 Å². The second-order valence-corrected chi connectivity index (χ2v) is 4.47. The molecule has 15 heavy (non-hydrogen) atoms. The summed E-state index contributed by atoms with van der Waals surface area (Å²) in [5.74, 6) is 0.758. The molecule has 1 fully saturated rings. The zero-order valence-electron chi connectivity index (χ0n) is 9.15. The number of hydrogen-bond donors (Lipinski definition) is 2. The zero-order valence-corrected chi connectivity index (χ0v) is 9.15. The van der Waals surface area contributed by atoms with Gasteiger partial charge < -0.3 is 11.1 Å². The minimum absolute atomic E-state index is 0.205. The van der Waals surface area contributed by atoms with E-state index in [2.05, 4.69) is 29.6 Å². The summed E-state index contributed by atoms with van der Waals surface area (Å²) in [6.07, 6.45) is 3.73. The molecular weight excluding hydrogens is 184 g/mol. The number of hydrogen-bond acceptors (Lipinski definition) is 2. The van der Waals surface area contributed by atoms with Crippen LogP contribution < -0.4 is 11.1 Å². The Kier molecular flexibility index (Phi) is 3.75. The summed E-state index contributed by atoms with van der Waals surface area (Å²) in [7, 11) is 0. The lowest BCUT2D eigenvalue weighted by Gasteiger charge is -2.25. The van der Waals surface area contributed by atoms with Crippen LogP contribution in [0.3, 0.4) is 0 Å². The van der Waals surface area contributed by atoms with E-state index < -0.39 is 0 Å². The second kappa shape index (κ2) is 5.29. The minimum Gasteiger partial charge on any atom is -0.324 e. The molecule has 0 saturated carbocycles. The normalized spacial score (nSPS) is 23.7. The third kappa shape index (κ3) is 3.05. The van der Waals surface area contributed by atoms with E-state index in [-0.39, 0.29) is 6.04 Å². The van der Waals surface area contributed by atoms with E-state index >= 15 is 0 Å². The summed E-state index contributed by atoms with van der Waals surface area (Å²) < 4.78 is 0. The Morgan fingerprint density at radius 1 is 1.33 bits per heavy atom. The van der Waals surface area contributed by atoms with Crippen LogP contribution in [0.1, 0.15) is 30.9 Å². The number of rotatable bonds is 3. The van der Waals surface area contributed by atoms with Crippen LogP contribution in [0.2, 0.25) is 0 Å². The van der Waals surface area contributed by atoms with Crippen LogP contribution >= 0.6 is 0 Å². The predicted octanol–water partition coefficient (Wildman–Crippen LogP) is 2.08. The predicted molar refractivity (Wildman–Crippen MR) is 63.6 cm³/mol. The van der Waals surface area contributed by atoms with Gasteiger partial charge in [0.25, 0.3) is 0 Å². The van der Waals surface area contributed by atoms with Crippen molar-refractivity contribution in [2.75, 3.05) is 13.1 Å². The Bertz CT molecular complexity index is 278. The maximum Gasteiger partial charge on any atom is 0.0297 e. The Balaban J connectivity index is 1.88. The van der Waals surface area contributed by atoms with Gasteiger partial charge in [0.2, 0.25) is 0 Å². The van der Waals surface area contributed by atoms with Crippen LogP contribution in [-0.2, 0) is 0 Å². The molecule has 0 aromatic heterocycles. The molecule has 2 heteroatoms. The zero-order chi connectivity index (χ0) is 10.5. The van der Waals surface area contributed by atoms with Crippen molar-refractivity contribution < 1.29 is 0 Å². The summed E-state index contributed by atoms with van der Waals surface area (Å²) in [4.78, 5) is 0. The first-order valence-electron chi connectivity index (χ1n) is 5.87. The highest BCUT2D eigenvalue weighted by Gasteiger charge is 2.16. The van der Waals surface area contributed by atoms with Gasteiger partial charge in [-0.05, 0) is 43.8 Å². The van der Waals surface area contributed by atoms with Crippen molar-refractivity contribution in [2.24, 2.45) is 11.7 Å². The topological polar surface area (TPSA) is 38.0 Å². The van der Waals surface area contributed by atoms with E-state index in [1.54, 1.807) is 0 Å². The standard InChI is InChI=1S/C13H20N2/c14-13(12-6-2-1-3-7-12)9-11-5-4-8-15-10-11/h1-3,6-7,11,13,15H,4-5,8-10,14H2. The van der Waals surface area contributed by atoms with Crippen LogP contribution in [0.15, 0.2) is 30.3 Å². The van der Waals surface area contributed by atoms with Gasteiger partial charge in [0.15, 0.2) is 0 Å². The molecule has 0 bridgehead atoms. The van der Waals surface area contributed by atoms with Gasteiger partial charge in [-0.25, -0.2) is 0 Å². The van der Waals surface area contributed by atoms with Crippen LogP contribution in [0.5, 0.6) is 0 Å². The van der Waals surface area contributed by atoms with Crippen molar-refractivity contribution in [1.82, 2.24) is 5.32 Å². The van der Waals surface area contributed by atoms with Gasteiger partial charge in [-0.3, -0.25) is 0 Å². The Hall–Kier alpha value is -0.860. The summed E-state index contributed by atoms with van der Waals surface area (Å²) in [5.41, 5.74) is 7.46. The average molecular weight is 204 g/mol. The molecule has 1 heterocycles. The van der Waals surface area contributed by atoms with Crippen molar-refractivity contribution in [2.45, 2.75) is 25.3 Å². The lowest BCUT2D eigenvalue weighted by molar-refractivity contribution is 0.337. The molecule has 0 aliphatic carbocycles. The van der Waals surface area contributed by atoms with E-state index in [9.17, 15) is 0 Å². The SMILES string of the molecule is NC(CC1CCCNC1)c1ccccc1. The fourth-order valence-corrected chi connectivity index (χ4v) is 2.32. The molecule has 0 radical (unpaired) electrons. The summed E-state index contributed by atoms with van der Waals surface area (Å²) >= 11 is 0. The molecule has 82 valence electrons. The largest absolute Gasteiger partial charge is 0.324 e. The Labute approximate surface area is 91.9 Å². The van der Waals surface area contributed by atoms with Crippen molar-refractivity contribution >= 4 is 0 Å². The third-order valence-electron chi connectivity index (χ3n) is 3.21. The van der Waals surface area contributed by atoms with Crippen LogP contribution in [0, 0.1) is 5.92 Å². The Morgan fingerprint density at radius 3 is 2.80 bits per heavy atom. The number of benzene rings is 1. The van der Waals surface area contributed by atoms with Crippen molar-refractivity contribution in [3.8, 4) is 0 Å². The fraction of sp³-hybridized carbons (Fsp3) is 0.538. The van der Waals surface area contributed by atoms with Gasteiger partial charge in [0.1, 0.15) is 0 Å². The molecule has 1 aliphatic heterocycles. The monoisotopic (exact) mass is 204 g/mol. The first kappa shape index (κ1) is 10.7. The van der Waals surface area contributed by atoms with E-state index in [0.717, 1.165) is 18.9 Å². The highest BCUT2D eigenvalue weighted by Crippen LogP contribution is 2.23.